The highest BCUT2D eigenvalue weighted by atomic mass is 16.5. The first-order chi connectivity index (χ1) is 9.40. The summed E-state index contributed by atoms with van der Waals surface area (Å²) in [5, 5.41) is 20.1. The molecule has 2 rings (SSSR count). The summed E-state index contributed by atoms with van der Waals surface area (Å²) in [6, 6.07) is -0.884. The molecule has 0 unspecified atom stereocenters. The molecule has 2 aliphatic rings. The Kier molecular flexibility index (Phi) is 4.24. The maximum Gasteiger partial charge on any atom is 0.257 e. The van der Waals surface area contributed by atoms with Crippen molar-refractivity contribution in [3.63, 3.8) is 0 Å². The minimum atomic E-state index is -1.25. The van der Waals surface area contributed by atoms with Crippen molar-refractivity contribution >= 4 is 11.8 Å². The van der Waals surface area contributed by atoms with Crippen molar-refractivity contribution < 1.29 is 29.3 Å². The lowest BCUT2D eigenvalue weighted by Gasteiger charge is -2.40. The summed E-state index contributed by atoms with van der Waals surface area (Å²) >= 11 is 0. The molecule has 1 saturated heterocycles. The molecule has 20 heavy (non-hydrogen) atoms. The second-order valence-corrected chi connectivity index (χ2v) is 5.11. The monoisotopic (exact) mass is 285 g/mol. The van der Waals surface area contributed by atoms with Gasteiger partial charge in [0.15, 0.2) is 0 Å². The average Bonchev–Trinajstić information content (AvgIpc) is 2.61. The molecule has 0 bridgehead atoms. The Morgan fingerprint density at radius 1 is 1.20 bits per heavy atom. The highest BCUT2D eigenvalue weighted by Gasteiger charge is 2.47. The van der Waals surface area contributed by atoms with Crippen molar-refractivity contribution in [2.75, 3.05) is 20.3 Å². The molecule has 7 nitrogen and oxygen atoms in total. The van der Waals surface area contributed by atoms with Gasteiger partial charge in [0.2, 0.25) is 0 Å². The highest BCUT2D eigenvalue weighted by Crippen LogP contribution is 2.27. The van der Waals surface area contributed by atoms with Crippen LogP contribution in [0.3, 0.4) is 0 Å². The topological polar surface area (TPSA) is 96.3 Å². The van der Waals surface area contributed by atoms with Gasteiger partial charge >= 0.3 is 0 Å². The van der Waals surface area contributed by atoms with Gasteiger partial charge in [-0.1, -0.05) is 0 Å². The van der Waals surface area contributed by atoms with E-state index in [2.05, 4.69) is 0 Å². The van der Waals surface area contributed by atoms with Crippen molar-refractivity contribution in [3.8, 4) is 0 Å². The number of carbonyl (C=O) groups is 2. The molecule has 2 aliphatic heterocycles. The average molecular weight is 285 g/mol. The van der Waals surface area contributed by atoms with Gasteiger partial charge in [-0.25, -0.2) is 0 Å². The fraction of sp³-hybridized carbons (Fsp3) is 0.692. The number of imide groups is 1. The molecule has 0 radical (unpaired) electrons. The molecule has 0 aliphatic carbocycles. The van der Waals surface area contributed by atoms with Gasteiger partial charge in [0.25, 0.3) is 11.8 Å². The van der Waals surface area contributed by atoms with E-state index in [0.717, 1.165) is 4.90 Å². The first-order valence-electron chi connectivity index (χ1n) is 6.42. The van der Waals surface area contributed by atoms with Crippen molar-refractivity contribution in [2.45, 2.75) is 38.2 Å². The fourth-order valence-corrected chi connectivity index (χ4v) is 2.48. The standard InChI is InChI=1S/C13H19NO6/c1-6-7(2)13(18)14(12(6)17)8-4-20-9(5-19-3)11(16)10(8)15/h8-11,15-16H,4-5H2,1-3H3/t8-,9+,10+,11+/m0/s1. The molecule has 0 aromatic carbocycles. The van der Waals surface area contributed by atoms with Crippen LogP contribution in [-0.2, 0) is 19.1 Å². The summed E-state index contributed by atoms with van der Waals surface area (Å²) in [6.45, 7) is 3.24. The molecule has 2 amide bonds. The minimum Gasteiger partial charge on any atom is -0.388 e. The van der Waals surface area contributed by atoms with E-state index in [1.54, 1.807) is 13.8 Å². The van der Waals surface area contributed by atoms with Gasteiger partial charge in [-0.05, 0) is 13.8 Å². The van der Waals surface area contributed by atoms with Crippen LogP contribution in [-0.4, -0.2) is 71.6 Å². The maximum atomic E-state index is 12.1. The maximum absolute atomic E-state index is 12.1. The number of amides is 2. The Bertz CT molecular complexity index is 436. The molecule has 1 fully saturated rings. The first kappa shape index (κ1) is 15.1. The third-order valence-corrected chi connectivity index (χ3v) is 3.91. The lowest BCUT2D eigenvalue weighted by atomic mass is 9.97. The van der Waals surface area contributed by atoms with Gasteiger partial charge in [0.05, 0.1) is 19.3 Å². The van der Waals surface area contributed by atoms with Crippen LogP contribution in [0.4, 0.5) is 0 Å². The lowest BCUT2D eigenvalue weighted by Crippen LogP contribution is -2.61. The van der Waals surface area contributed by atoms with Crippen LogP contribution in [0, 0.1) is 0 Å². The molecule has 7 heteroatoms. The fourth-order valence-electron chi connectivity index (χ4n) is 2.48. The van der Waals surface area contributed by atoms with Gasteiger partial charge in [0, 0.05) is 18.3 Å². The molecule has 112 valence electrons. The highest BCUT2D eigenvalue weighted by molar-refractivity contribution is 6.19. The summed E-state index contributed by atoms with van der Waals surface area (Å²) in [7, 11) is 1.46. The molecular formula is C13H19NO6. The van der Waals surface area contributed by atoms with Crippen LogP contribution in [0.5, 0.6) is 0 Å². The predicted molar refractivity (Wildman–Crippen MR) is 67.6 cm³/mol. The smallest absolute Gasteiger partial charge is 0.257 e. The van der Waals surface area contributed by atoms with Crippen LogP contribution in [0.25, 0.3) is 0 Å². The van der Waals surface area contributed by atoms with E-state index in [0.29, 0.717) is 11.1 Å². The van der Waals surface area contributed by atoms with E-state index in [1.165, 1.54) is 7.11 Å². The minimum absolute atomic E-state index is 0.0235. The van der Waals surface area contributed by atoms with Crippen molar-refractivity contribution in [2.24, 2.45) is 0 Å². The van der Waals surface area contributed by atoms with Crippen LogP contribution in [0.1, 0.15) is 13.8 Å². The number of hydrogen-bond donors (Lipinski definition) is 2. The Balaban J connectivity index is 2.16. The third-order valence-electron chi connectivity index (χ3n) is 3.91. The molecule has 0 aromatic heterocycles. The molecule has 0 saturated carbocycles. The first-order valence-corrected chi connectivity index (χ1v) is 6.42. The molecule has 0 aromatic rings. The van der Waals surface area contributed by atoms with E-state index >= 15 is 0 Å². The number of carbonyl (C=O) groups excluding carboxylic acids is 2. The van der Waals surface area contributed by atoms with Crippen LogP contribution < -0.4 is 0 Å². The van der Waals surface area contributed by atoms with Crippen LogP contribution >= 0.6 is 0 Å². The predicted octanol–water partition coefficient (Wildman–Crippen LogP) is -1.17. The Morgan fingerprint density at radius 3 is 2.25 bits per heavy atom. The molecule has 2 N–H and O–H groups in total. The third kappa shape index (κ3) is 2.26. The number of hydrogen-bond acceptors (Lipinski definition) is 6. The van der Waals surface area contributed by atoms with Crippen LogP contribution in [0.2, 0.25) is 0 Å². The summed E-state index contributed by atoms with van der Waals surface area (Å²) in [5.74, 6) is -0.893. The summed E-state index contributed by atoms with van der Waals surface area (Å²) in [4.78, 5) is 25.1. The molecule has 0 spiro atoms. The van der Waals surface area contributed by atoms with Crippen molar-refractivity contribution in [1.29, 1.82) is 0 Å². The lowest BCUT2D eigenvalue weighted by molar-refractivity contribution is -0.187. The van der Waals surface area contributed by atoms with Gasteiger partial charge in [0.1, 0.15) is 18.3 Å². The van der Waals surface area contributed by atoms with Crippen LogP contribution in [0.15, 0.2) is 11.1 Å². The number of aliphatic hydroxyl groups excluding tert-OH is 2. The molecular weight excluding hydrogens is 266 g/mol. The number of methoxy groups -OCH3 is 1. The Hall–Kier alpha value is -1.28. The zero-order chi connectivity index (χ0) is 15.0. The van der Waals surface area contributed by atoms with E-state index < -0.39 is 36.2 Å². The number of aliphatic hydroxyl groups is 2. The zero-order valence-electron chi connectivity index (χ0n) is 11.7. The normalized spacial score (nSPS) is 35.1. The van der Waals surface area contributed by atoms with Gasteiger partial charge in [-0.3, -0.25) is 14.5 Å². The molecule has 2 heterocycles. The Labute approximate surface area is 116 Å². The number of nitrogens with zero attached hydrogens (tertiary/aromatic N) is 1. The van der Waals surface area contributed by atoms with Gasteiger partial charge < -0.3 is 19.7 Å². The zero-order valence-corrected chi connectivity index (χ0v) is 11.7. The van der Waals surface area contributed by atoms with Crippen molar-refractivity contribution in [1.82, 2.24) is 4.90 Å². The number of ether oxygens (including phenoxy) is 2. The SMILES string of the molecule is COC[C@H]1OC[C@H](N2C(=O)C(C)=C(C)C2=O)[C@@H](O)[C@@H]1O. The quantitative estimate of drug-likeness (QED) is 0.634. The Morgan fingerprint density at radius 2 is 1.75 bits per heavy atom. The van der Waals surface area contributed by atoms with Crippen molar-refractivity contribution in [3.05, 3.63) is 11.1 Å². The second kappa shape index (κ2) is 5.61. The molecule has 4 atom stereocenters. The van der Waals surface area contributed by atoms with Gasteiger partial charge in [-0.2, -0.15) is 0 Å². The van der Waals surface area contributed by atoms with E-state index in [9.17, 15) is 19.8 Å². The van der Waals surface area contributed by atoms with E-state index in [-0.39, 0.29) is 13.2 Å². The number of rotatable bonds is 3. The van der Waals surface area contributed by atoms with E-state index in [4.69, 9.17) is 9.47 Å². The second-order valence-electron chi connectivity index (χ2n) is 5.11. The summed E-state index contributed by atoms with van der Waals surface area (Å²) in [5.41, 5.74) is 0.714. The van der Waals surface area contributed by atoms with E-state index in [1.807, 2.05) is 0 Å². The summed E-state index contributed by atoms with van der Waals surface area (Å²) < 4.78 is 10.3. The van der Waals surface area contributed by atoms with Gasteiger partial charge in [-0.15, -0.1) is 0 Å². The largest absolute Gasteiger partial charge is 0.388 e. The summed E-state index contributed by atoms with van der Waals surface area (Å²) in [6.07, 6.45) is -3.14.